The van der Waals surface area contributed by atoms with Crippen molar-refractivity contribution in [1.29, 1.82) is 0 Å². The first kappa shape index (κ1) is 22.0. The summed E-state index contributed by atoms with van der Waals surface area (Å²) < 4.78 is 33.5. The number of likely N-dealkylation sites (tertiary alicyclic amines) is 1. The van der Waals surface area contributed by atoms with Crippen LogP contribution in [-0.2, 0) is 0 Å². The number of nitrogens with one attached hydrogen (secondary N) is 1. The summed E-state index contributed by atoms with van der Waals surface area (Å²) in [6, 6.07) is 7.11. The molecule has 1 fully saturated rings. The zero-order chi connectivity index (χ0) is 23.8. The number of hydrogen-bond acceptors (Lipinski definition) is 6. The second-order valence-electron chi connectivity index (χ2n) is 8.63. The van der Waals surface area contributed by atoms with Crippen LogP contribution in [0.25, 0.3) is 16.8 Å². The lowest BCUT2D eigenvalue weighted by molar-refractivity contribution is 0.0538. The van der Waals surface area contributed by atoms with Crippen LogP contribution in [-0.4, -0.2) is 49.9 Å². The average molecular weight is 466 g/mol. The fourth-order valence-electron chi connectivity index (χ4n) is 4.48. The SMILES string of the molecule is Cc1cc(C(=O)N2CCC[C@@H](C)[C@H]2CNc2nc3cc(F)ccc3o2)c(-n2nccn2)cc1F. The van der Waals surface area contributed by atoms with Gasteiger partial charge in [0.1, 0.15) is 22.8 Å². The summed E-state index contributed by atoms with van der Waals surface area (Å²) >= 11 is 0. The highest BCUT2D eigenvalue weighted by atomic mass is 19.1. The van der Waals surface area contributed by atoms with Gasteiger partial charge in [-0.2, -0.15) is 20.0 Å². The molecular weight excluding hydrogens is 442 g/mol. The van der Waals surface area contributed by atoms with E-state index in [1.54, 1.807) is 13.0 Å². The molecular formula is C24H24F2N6O2. The lowest BCUT2D eigenvalue weighted by Crippen LogP contribution is -2.51. The van der Waals surface area contributed by atoms with E-state index in [4.69, 9.17) is 4.42 Å². The number of hydrogen-bond donors (Lipinski definition) is 1. The molecule has 176 valence electrons. The highest BCUT2D eigenvalue weighted by Gasteiger charge is 2.34. The first-order chi connectivity index (χ1) is 16.4. The van der Waals surface area contributed by atoms with Gasteiger partial charge in [-0.05, 0) is 49.4 Å². The largest absolute Gasteiger partial charge is 0.424 e. The third-order valence-electron chi connectivity index (χ3n) is 6.33. The summed E-state index contributed by atoms with van der Waals surface area (Å²) in [6.07, 6.45) is 4.79. The Morgan fingerprint density at radius 2 is 2.00 bits per heavy atom. The van der Waals surface area contributed by atoms with Crippen molar-refractivity contribution in [2.75, 3.05) is 18.4 Å². The van der Waals surface area contributed by atoms with Crippen LogP contribution in [0, 0.1) is 24.5 Å². The van der Waals surface area contributed by atoms with E-state index in [0.717, 1.165) is 12.8 Å². The van der Waals surface area contributed by atoms with Gasteiger partial charge >= 0.3 is 0 Å². The summed E-state index contributed by atoms with van der Waals surface area (Å²) in [6.45, 7) is 4.69. The molecule has 0 bridgehead atoms. The number of aromatic nitrogens is 4. The van der Waals surface area contributed by atoms with Crippen LogP contribution in [0.4, 0.5) is 14.8 Å². The highest BCUT2D eigenvalue weighted by molar-refractivity contribution is 5.98. The third-order valence-corrected chi connectivity index (χ3v) is 6.33. The van der Waals surface area contributed by atoms with E-state index < -0.39 is 5.82 Å². The van der Waals surface area contributed by atoms with Crippen molar-refractivity contribution in [3.63, 3.8) is 0 Å². The number of carbonyl (C=O) groups is 1. The number of fused-ring (bicyclic) bond motifs is 1. The van der Waals surface area contributed by atoms with Gasteiger partial charge in [0.25, 0.3) is 11.9 Å². The maximum Gasteiger partial charge on any atom is 0.295 e. The number of aryl methyl sites for hydroxylation is 1. The van der Waals surface area contributed by atoms with Crippen LogP contribution in [0.2, 0.25) is 0 Å². The standard InChI is InChI=1S/C24H24F2N6O2/c1-14-4-3-9-31(21(14)13-27-24-30-19-11-16(25)5-6-22(19)34-24)23(33)17-10-15(2)18(26)12-20(17)32-28-7-8-29-32/h5-8,10-12,14,21H,3-4,9,13H2,1-2H3,(H,27,30)/t14-,21-/m1/s1. The number of benzene rings is 2. The van der Waals surface area contributed by atoms with Gasteiger partial charge in [0.2, 0.25) is 0 Å². The molecule has 5 rings (SSSR count). The van der Waals surface area contributed by atoms with E-state index >= 15 is 0 Å². The Bertz CT molecular complexity index is 1340. The fourth-order valence-corrected chi connectivity index (χ4v) is 4.48. The maximum absolute atomic E-state index is 14.4. The number of rotatable bonds is 5. The summed E-state index contributed by atoms with van der Waals surface area (Å²) in [4.78, 5) is 21.1. The molecule has 2 aromatic heterocycles. The Labute approximate surface area is 194 Å². The lowest BCUT2D eigenvalue weighted by Gasteiger charge is -2.40. The van der Waals surface area contributed by atoms with Crippen LogP contribution in [0.15, 0.2) is 47.1 Å². The molecule has 2 atom stereocenters. The summed E-state index contributed by atoms with van der Waals surface area (Å²) in [7, 11) is 0. The number of halogens is 2. The van der Waals surface area contributed by atoms with Crippen LogP contribution in [0.1, 0.15) is 35.7 Å². The van der Waals surface area contributed by atoms with E-state index in [1.807, 2.05) is 4.90 Å². The molecule has 34 heavy (non-hydrogen) atoms. The van der Waals surface area contributed by atoms with Gasteiger partial charge in [0, 0.05) is 25.2 Å². The number of piperidine rings is 1. The summed E-state index contributed by atoms with van der Waals surface area (Å²) in [5.74, 6) is -0.822. The molecule has 0 unspecified atom stereocenters. The lowest BCUT2D eigenvalue weighted by atomic mass is 9.90. The smallest absolute Gasteiger partial charge is 0.295 e. The number of carbonyl (C=O) groups excluding carboxylic acids is 1. The molecule has 4 aromatic rings. The molecule has 0 aliphatic carbocycles. The molecule has 1 aliphatic heterocycles. The molecule has 0 spiro atoms. The van der Waals surface area contributed by atoms with Crippen molar-refractivity contribution in [2.45, 2.75) is 32.7 Å². The van der Waals surface area contributed by atoms with Crippen molar-refractivity contribution in [2.24, 2.45) is 5.92 Å². The quantitative estimate of drug-likeness (QED) is 0.471. The van der Waals surface area contributed by atoms with Gasteiger partial charge in [-0.15, -0.1) is 0 Å². The van der Waals surface area contributed by atoms with Gasteiger partial charge in [0.05, 0.1) is 24.0 Å². The average Bonchev–Trinajstić information content (AvgIpc) is 3.49. The fraction of sp³-hybridized carbons (Fsp3) is 0.333. The van der Waals surface area contributed by atoms with Crippen LogP contribution >= 0.6 is 0 Å². The van der Waals surface area contributed by atoms with Gasteiger partial charge in [0.15, 0.2) is 5.58 Å². The molecule has 2 aromatic carbocycles. The Morgan fingerprint density at radius 1 is 1.21 bits per heavy atom. The molecule has 1 N–H and O–H groups in total. The second-order valence-corrected chi connectivity index (χ2v) is 8.63. The minimum atomic E-state index is -0.429. The van der Waals surface area contributed by atoms with Gasteiger partial charge in [-0.25, -0.2) is 8.78 Å². The molecule has 1 amide bonds. The van der Waals surface area contributed by atoms with E-state index in [1.165, 1.54) is 41.5 Å². The summed E-state index contributed by atoms with van der Waals surface area (Å²) in [5.41, 5.74) is 1.91. The van der Waals surface area contributed by atoms with Crippen LogP contribution in [0.3, 0.4) is 0 Å². The molecule has 1 aliphatic rings. The van der Waals surface area contributed by atoms with Crippen molar-refractivity contribution in [3.05, 3.63) is 65.5 Å². The number of anilines is 1. The Morgan fingerprint density at radius 3 is 2.79 bits per heavy atom. The van der Waals surface area contributed by atoms with Crippen LogP contribution < -0.4 is 5.32 Å². The number of amides is 1. The maximum atomic E-state index is 14.4. The number of nitrogens with zero attached hydrogens (tertiary/aromatic N) is 5. The van der Waals surface area contributed by atoms with Gasteiger partial charge in [-0.3, -0.25) is 4.79 Å². The predicted octanol–water partition coefficient (Wildman–Crippen LogP) is 4.35. The molecule has 0 radical (unpaired) electrons. The van der Waals surface area contributed by atoms with Crippen LogP contribution in [0.5, 0.6) is 0 Å². The molecule has 1 saturated heterocycles. The first-order valence-electron chi connectivity index (χ1n) is 11.2. The van der Waals surface area contributed by atoms with Crippen molar-refractivity contribution in [3.8, 4) is 5.69 Å². The molecule has 10 heteroatoms. The number of oxazole rings is 1. The zero-order valence-electron chi connectivity index (χ0n) is 18.8. The van der Waals surface area contributed by atoms with Gasteiger partial charge in [-0.1, -0.05) is 6.92 Å². The molecule has 8 nitrogen and oxygen atoms in total. The predicted molar refractivity (Wildman–Crippen MR) is 122 cm³/mol. The van der Waals surface area contributed by atoms with E-state index in [2.05, 4.69) is 27.4 Å². The van der Waals surface area contributed by atoms with E-state index in [0.29, 0.717) is 41.0 Å². The minimum Gasteiger partial charge on any atom is -0.424 e. The van der Waals surface area contributed by atoms with Crippen molar-refractivity contribution in [1.82, 2.24) is 24.9 Å². The minimum absolute atomic E-state index is 0.156. The van der Waals surface area contributed by atoms with Crippen molar-refractivity contribution < 1.29 is 18.0 Å². The Hall–Kier alpha value is -3.82. The van der Waals surface area contributed by atoms with E-state index in [-0.39, 0.29) is 29.7 Å². The third kappa shape index (κ3) is 4.11. The van der Waals surface area contributed by atoms with Gasteiger partial charge < -0.3 is 14.6 Å². The zero-order valence-corrected chi connectivity index (χ0v) is 18.8. The Kier molecular flexibility index (Phi) is 5.72. The van der Waals surface area contributed by atoms with Crippen molar-refractivity contribution >= 4 is 23.0 Å². The van der Waals surface area contributed by atoms with E-state index in [9.17, 15) is 13.6 Å². The molecule has 0 saturated carbocycles. The normalized spacial score (nSPS) is 18.4. The topological polar surface area (TPSA) is 89.1 Å². The first-order valence-corrected chi connectivity index (χ1v) is 11.2. The molecule has 3 heterocycles. The second kappa shape index (κ2) is 8.85. The monoisotopic (exact) mass is 466 g/mol. The highest BCUT2D eigenvalue weighted by Crippen LogP contribution is 2.28. The Balaban J connectivity index is 1.42. The summed E-state index contributed by atoms with van der Waals surface area (Å²) in [5, 5.41) is 11.4.